The van der Waals surface area contributed by atoms with Gasteiger partial charge in [-0.05, 0) is 70.8 Å². The molecule has 0 radical (unpaired) electrons. The van der Waals surface area contributed by atoms with E-state index in [4.69, 9.17) is 23.8 Å². The van der Waals surface area contributed by atoms with Crippen LogP contribution in [-0.4, -0.2) is 19.5 Å². The molecule has 0 fully saturated rings. The van der Waals surface area contributed by atoms with Crippen LogP contribution in [0, 0.1) is 0 Å². The summed E-state index contributed by atoms with van der Waals surface area (Å²) in [6.07, 6.45) is 0. The normalized spacial score (nSPS) is 11.8. The lowest BCUT2D eigenvalue weighted by Gasteiger charge is -2.16. The zero-order valence-electron chi connectivity index (χ0n) is 37.0. The monoisotopic (exact) mass is 882 g/mol. The molecule has 0 aliphatic rings. The molecule has 0 aliphatic heterocycles. The lowest BCUT2D eigenvalue weighted by atomic mass is 9.92. The standard InChI is InChI=1S/C63H38N4O2/c1-4-17-39(18-5-1)42-31-34-54-50(36-42)46-25-10-13-28-53(46)67(54)55-38-58-52(47-26-11-14-29-56(47)68-58)37-51(55)48-33-32-45(59-49-27-12-15-30-57(49)69-60(48)59)43-23-16-24-44(35-43)63-65-61(40-19-6-2-7-20-40)64-62(66-63)41-21-8-3-9-22-41/h1-38H. The van der Waals surface area contributed by atoms with Gasteiger partial charge in [-0.25, -0.2) is 15.0 Å². The van der Waals surface area contributed by atoms with E-state index in [0.717, 1.165) is 99.5 Å². The highest BCUT2D eigenvalue weighted by molar-refractivity contribution is 6.19. The highest BCUT2D eigenvalue weighted by atomic mass is 16.3. The van der Waals surface area contributed by atoms with E-state index in [1.165, 1.54) is 21.9 Å². The molecule has 0 N–H and O–H groups in total. The molecular formula is C63H38N4O2. The Hall–Kier alpha value is -9.39. The first-order valence-electron chi connectivity index (χ1n) is 23.2. The Morgan fingerprint density at radius 2 is 0.841 bits per heavy atom. The van der Waals surface area contributed by atoms with Crippen LogP contribution in [0.2, 0.25) is 0 Å². The first kappa shape index (κ1) is 38.8. The van der Waals surface area contributed by atoms with E-state index in [-0.39, 0.29) is 0 Å². The highest BCUT2D eigenvalue weighted by Crippen LogP contribution is 2.47. The second-order valence-corrected chi connectivity index (χ2v) is 17.5. The van der Waals surface area contributed by atoms with Crippen molar-refractivity contribution in [2.75, 3.05) is 0 Å². The predicted molar refractivity (Wildman–Crippen MR) is 281 cm³/mol. The molecule has 0 atom stereocenters. The van der Waals surface area contributed by atoms with E-state index in [9.17, 15) is 0 Å². The van der Waals surface area contributed by atoms with Crippen molar-refractivity contribution in [1.82, 2.24) is 19.5 Å². The second kappa shape index (κ2) is 15.6. The molecular weight excluding hydrogens is 845 g/mol. The summed E-state index contributed by atoms with van der Waals surface area (Å²) in [5, 5.41) is 6.53. The molecule has 0 spiro atoms. The summed E-state index contributed by atoms with van der Waals surface area (Å²) in [4.78, 5) is 15.1. The molecule has 6 heteroatoms. The molecule has 10 aromatic carbocycles. The number of para-hydroxylation sites is 3. The average Bonchev–Trinajstić information content (AvgIpc) is 4.10. The van der Waals surface area contributed by atoms with E-state index in [0.29, 0.717) is 17.5 Å². The molecule has 4 heterocycles. The van der Waals surface area contributed by atoms with E-state index < -0.39 is 0 Å². The van der Waals surface area contributed by atoms with Crippen LogP contribution in [0.1, 0.15) is 0 Å². The van der Waals surface area contributed by atoms with Crippen LogP contribution in [0.3, 0.4) is 0 Å². The highest BCUT2D eigenvalue weighted by Gasteiger charge is 2.24. The smallest absolute Gasteiger partial charge is 0.164 e. The minimum Gasteiger partial charge on any atom is -0.456 e. The van der Waals surface area contributed by atoms with Crippen molar-refractivity contribution in [2.45, 2.75) is 0 Å². The van der Waals surface area contributed by atoms with Gasteiger partial charge in [0.2, 0.25) is 0 Å². The number of furan rings is 2. The number of hydrogen-bond donors (Lipinski definition) is 0. The van der Waals surface area contributed by atoms with Crippen molar-refractivity contribution in [3.05, 3.63) is 231 Å². The number of nitrogens with zero attached hydrogens (tertiary/aromatic N) is 4. The van der Waals surface area contributed by atoms with Gasteiger partial charge in [0.25, 0.3) is 0 Å². The van der Waals surface area contributed by atoms with Crippen LogP contribution >= 0.6 is 0 Å². The molecule has 0 saturated heterocycles. The Kier molecular flexibility index (Phi) is 8.79. The van der Waals surface area contributed by atoms with Crippen molar-refractivity contribution < 1.29 is 8.83 Å². The van der Waals surface area contributed by atoms with Crippen LogP contribution in [0.5, 0.6) is 0 Å². The molecule has 14 aromatic rings. The van der Waals surface area contributed by atoms with Crippen molar-refractivity contribution in [2.24, 2.45) is 0 Å². The van der Waals surface area contributed by atoms with Gasteiger partial charge in [-0.15, -0.1) is 0 Å². The predicted octanol–water partition coefficient (Wildman–Crippen LogP) is 16.8. The Morgan fingerprint density at radius 3 is 1.57 bits per heavy atom. The molecule has 6 nitrogen and oxygen atoms in total. The minimum atomic E-state index is 0.599. The molecule has 0 aliphatic carbocycles. The van der Waals surface area contributed by atoms with E-state index in [1.807, 2.05) is 78.9 Å². The minimum absolute atomic E-state index is 0.599. The number of rotatable bonds is 7. The third-order valence-electron chi connectivity index (χ3n) is 13.5. The fraction of sp³-hybridized carbons (Fsp3) is 0. The Labute approximate surface area is 396 Å². The molecule has 0 amide bonds. The van der Waals surface area contributed by atoms with Crippen LogP contribution in [0.25, 0.3) is 139 Å². The quantitative estimate of drug-likeness (QED) is 0.159. The fourth-order valence-electron chi connectivity index (χ4n) is 10.2. The number of benzene rings is 10. The lowest BCUT2D eigenvalue weighted by Crippen LogP contribution is -2.00. The average molecular weight is 883 g/mol. The van der Waals surface area contributed by atoms with Gasteiger partial charge in [0, 0.05) is 66.2 Å². The van der Waals surface area contributed by atoms with Crippen molar-refractivity contribution in [3.63, 3.8) is 0 Å². The maximum absolute atomic E-state index is 7.07. The molecule has 0 bridgehead atoms. The van der Waals surface area contributed by atoms with Gasteiger partial charge in [-0.3, -0.25) is 0 Å². The van der Waals surface area contributed by atoms with E-state index >= 15 is 0 Å². The van der Waals surface area contributed by atoms with Gasteiger partial charge in [-0.1, -0.05) is 176 Å². The molecule has 0 unspecified atom stereocenters. The maximum atomic E-state index is 7.07. The summed E-state index contributed by atoms with van der Waals surface area (Å²) < 4.78 is 16.1. The van der Waals surface area contributed by atoms with Gasteiger partial charge in [0.15, 0.2) is 17.5 Å². The molecule has 14 rings (SSSR count). The fourth-order valence-corrected chi connectivity index (χ4v) is 10.2. The summed E-state index contributed by atoms with van der Waals surface area (Å²) in [7, 11) is 0. The van der Waals surface area contributed by atoms with Gasteiger partial charge in [-0.2, -0.15) is 0 Å². The summed E-state index contributed by atoms with van der Waals surface area (Å²) in [5.41, 5.74) is 15.7. The lowest BCUT2D eigenvalue weighted by molar-refractivity contribution is 0.668. The van der Waals surface area contributed by atoms with E-state index in [2.05, 4.69) is 156 Å². The van der Waals surface area contributed by atoms with Crippen molar-refractivity contribution in [1.29, 1.82) is 0 Å². The van der Waals surface area contributed by atoms with Gasteiger partial charge in [0.05, 0.1) is 16.7 Å². The molecule has 69 heavy (non-hydrogen) atoms. The number of fused-ring (bicyclic) bond motifs is 9. The van der Waals surface area contributed by atoms with Gasteiger partial charge >= 0.3 is 0 Å². The van der Waals surface area contributed by atoms with Crippen molar-refractivity contribution in [3.8, 4) is 73.2 Å². The zero-order valence-corrected chi connectivity index (χ0v) is 37.0. The third-order valence-corrected chi connectivity index (χ3v) is 13.5. The zero-order chi connectivity index (χ0) is 45.4. The first-order chi connectivity index (χ1) is 34.2. The van der Waals surface area contributed by atoms with Crippen LogP contribution in [0.15, 0.2) is 239 Å². The SMILES string of the molecule is c1ccc(-c2ccc3c(c2)c2ccccc2n3-c2cc3oc4ccccc4c3cc2-c2ccc(-c3cccc(-c4nc(-c5ccccc5)nc(-c5ccccc5)n4)c3)c3c2oc2ccccc23)cc1. The topological polar surface area (TPSA) is 69.9 Å². The summed E-state index contributed by atoms with van der Waals surface area (Å²) in [5.74, 6) is 1.84. The van der Waals surface area contributed by atoms with Crippen LogP contribution in [0.4, 0.5) is 0 Å². The van der Waals surface area contributed by atoms with Gasteiger partial charge in [0.1, 0.15) is 22.3 Å². The Morgan fingerprint density at radius 1 is 0.290 bits per heavy atom. The second-order valence-electron chi connectivity index (χ2n) is 17.5. The molecule has 4 aromatic heterocycles. The summed E-state index contributed by atoms with van der Waals surface area (Å²) >= 11 is 0. The maximum Gasteiger partial charge on any atom is 0.164 e. The number of aromatic nitrogens is 4. The van der Waals surface area contributed by atoms with Gasteiger partial charge < -0.3 is 13.4 Å². The first-order valence-corrected chi connectivity index (χ1v) is 23.2. The Balaban J connectivity index is 1.00. The molecule has 322 valence electrons. The Bertz CT molecular complexity index is 4250. The van der Waals surface area contributed by atoms with Crippen LogP contribution in [-0.2, 0) is 0 Å². The van der Waals surface area contributed by atoms with E-state index in [1.54, 1.807) is 0 Å². The third kappa shape index (κ3) is 6.38. The summed E-state index contributed by atoms with van der Waals surface area (Å²) in [6, 6.07) is 80.4. The van der Waals surface area contributed by atoms with Crippen molar-refractivity contribution >= 4 is 65.7 Å². The molecule has 0 saturated carbocycles. The van der Waals surface area contributed by atoms with Crippen LogP contribution < -0.4 is 0 Å². The summed E-state index contributed by atoms with van der Waals surface area (Å²) in [6.45, 7) is 0. The largest absolute Gasteiger partial charge is 0.456 e. The number of hydrogen-bond acceptors (Lipinski definition) is 5.